The van der Waals surface area contributed by atoms with Crippen LogP contribution in [0.2, 0.25) is 5.02 Å². The number of nitrogens with one attached hydrogen (secondary N) is 1. The van der Waals surface area contributed by atoms with Crippen molar-refractivity contribution in [3.05, 3.63) is 28.8 Å². The first-order chi connectivity index (χ1) is 8.08. The maximum atomic E-state index is 9.20. The van der Waals surface area contributed by atoms with E-state index < -0.39 is 0 Å². The Kier molecular flexibility index (Phi) is 5.75. The summed E-state index contributed by atoms with van der Waals surface area (Å²) in [4.78, 5) is 0. The molecule has 0 bridgehead atoms. The lowest BCUT2D eigenvalue weighted by Crippen LogP contribution is -2.36. The Hall–Kier alpha value is -0.770. The number of benzene rings is 1. The van der Waals surface area contributed by atoms with Crippen LogP contribution in [0.25, 0.3) is 0 Å². The summed E-state index contributed by atoms with van der Waals surface area (Å²) in [6.45, 7) is 4.98. The van der Waals surface area contributed by atoms with Crippen LogP contribution in [0.3, 0.4) is 0 Å². The van der Waals surface area contributed by atoms with E-state index in [1.165, 1.54) is 0 Å². The smallest absolute Gasteiger partial charge is 0.137 e. The van der Waals surface area contributed by atoms with Gasteiger partial charge in [0.15, 0.2) is 0 Å². The Morgan fingerprint density at radius 1 is 1.41 bits per heavy atom. The minimum atomic E-state index is 0.107. The molecule has 0 saturated heterocycles. The third kappa shape index (κ3) is 4.19. The van der Waals surface area contributed by atoms with E-state index in [2.05, 4.69) is 19.2 Å². The molecule has 3 nitrogen and oxygen atoms in total. The van der Waals surface area contributed by atoms with Crippen molar-refractivity contribution >= 4 is 11.6 Å². The summed E-state index contributed by atoms with van der Waals surface area (Å²) in [6.07, 6.45) is 0. The zero-order valence-corrected chi connectivity index (χ0v) is 11.3. The third-order valence-electron chi connectivity index (χ3n) is 2.79. The van der Waals surface area contributed by atoms with Gasteiger partial charge >= 0.3 is 0 Å². The number of aliphatic hydroxyl groups excluding tert-OH is 1. The van der Waals surface area contributed by atoms with E-state index in [1.807, 2.05) is 18.2 Å². The van der Waals surface area contributed by atoms with Gasteiger partial charge in [-0.05, 0) is 23.6 Å². The van der Waals surface area contributed by atoms with E-state index in [0.29, 0.717) is 23.2 Å². The van der Waals surface area contributed by atoms with Gasteiger partial charge in [0, 0.05) is 12.6 Å². The lowest BCUT2D eigenvalue weighted by molar-refractivity contribution is 0.210. The first-order valence-corrected chi connectivity index (χ1v) is 6.13. The molecule has 0 aliphatic carbocycles. The molecular formula is C13H20ClNO2. The summed E-state index contributed by atoms with van der Waals surface area (Å²) in [6, 6.07) is 5.80. The van der Waals surface area contributed by atoms with Crippen LogP contribution in [0, 0.1) is 5.92 Å². The van der Waals surface area contributed by atoms with Gasteiger partial charge in [0.25, 0.3) is 0 Å². The minimum Gasteiger partial charge on any atom is -0.495 e. The van der Waals surface area contributed by atoms with Crippen LogP contribution in [0.4, 0.5) is 0 Å². The highest BCUT2D eigenvalue weighted by molar-refractivity contribution is 6.32. The number of halogens is 1. The first kappa shape index (κ1) is 14.3. The number of ether oxygens (including phenoxy) is 1. The van der Waals surface area contributed by atoms with Crippen LogP contribution in [-0.4, -0.2) is 24.9 Å². The Balaban J connectivity index is 2.60. The molecule has 17 heavy (non-hydrogen) atoms. The fourth-order valence-electron chi connectivity index (χ4n) is 1.58. The van der Waals surface area contributed by atoms with Gasteiger partial charge in [-0.2, -0.15) is 0 Å². The Bertz CT molecular complexity index is 355. The lowest BCUT2D eigenvalue weighted by Gasteiger charge is -2.20. The van der Waals surface area contributed by atoms with Crippen LogP contribution < -0.4 is 10.1 Å². The molecule has 0 saturated carbocycles. The van der Waals surface area contributed by atoms with Gasteiger partial charge in [0.2, 0.25) is 0 Å². The van der Waals surface area contributed by atoms with Crippen LogP contribution in [0.1, 0.15) is 19.4 Å². The van der Waals surface area contributed by atoms with Gasteiger partial charge in [-0.25, -0.2) is 0 Å². The Morgan fingerprint density at radius 2 is 2.12 bits per heavy atom. The molecule has 0 unspecified atom stereocenters. The summed E-state index contributed by atoms with van der Waals surface area (Å²) in [5.74, 6) is 1.08. The molecule has 0 aromatic heterocycles. The number of methoxy groups -OCH3 is 1. The van der Waals surface area contributed by atoms with Crippen LogP contribution in [0.15, 0.2) is 18.2 Å². The van der Waals surface area contributed by atoms with Crippen LogP contribution >= 0.6 is 11.6 Å². The molecule has 0 aliphatic rings. The number of rotatable bonds is 6. The molecule has 96 valence electrons. The second-order valence-corrected chi connectivity index (χ2v) is 4.79. The van der Waals surface area contributed by atoms with Gasteiger partial charge in [-0.3, -0.25) is 0 Å². The monoisotopic (exact) mass is 257 g/mol. The number of hydrogen-bond donors (Lipinski definition) is 2. The van der Waals surface area contributed by atoms with Crippen LogP contribution in [0.5, 0.6) is 5.75 Å². The molecule has 0 heterocycles. The predicted octanol–water partition coefficient (Wildman–Crippen LogP) is 2.46. The molecule has 1 aromatic carbocycles. The lowest BCUT2D eigenvalue weighted by atomic mass is 10.1. The van der Waals surface area contributed by atoms with E-state index in [1.54, 1.807) is 7.11 Å². The molecule has 0 spiro atoms. The summed E-state index contributed by atoms with van der Waals surface area (Å²) in [7, 11) is 1.60. The van der Waals surface area contributed by atoms with E-state index in [0.717, 1.165) is 5.56 Å². The van der Waals surface area contributed by atoms with E-state index in [4.69, 9.17) is 16.3 Å². The standard InChI is InChI=1S/C13H20ClNO2/c1-9(2)12(8-16)15-7-10-4-5-13(17-3)11(14)6-10/h4-6,9,12,15-16H,7-8H2,1-3H3/t12-/m1/s1. The highest BCUT2D eigenvalue weighted by atomic mass is 35.5. The van der Waals surface area contributed by atoms with E-state index in [9.17, 15) is 5.11 Å². The van der Waals surface area contributed by atoms with Crippen molar-refractivity contribution in [2.75, 3.05) is 13.7 Å². The van der Waals surface area contributed by atoms with Gasteiger partial charge in [0.05, 0.1) is 18.7 Å². The second kappa shape index (κ2) is 6.84. The fraction of sp³-hybridized carbons (Fsp3) is 0.538. The molecule has 0 radical (unpaired) electrons. The Labute approximate surface area is 108 Å². The average Bonchev–Trinajstić information content (AvgIpc) is 2.29. The fourth-order valence-corrected chi connectivity index (χ4v) is 1.86. The molecule has 0 amide bonds. The molecule has 1 rings (SSSR count). The quantitative estimate of drug-likeness (QED) is 0.823. The number of hydrogen-bond acceptors (Lipinski definition) is 3. The molecule has 0 fully saturated rings. The zero-order valence-electron chi connectivity index (χ0n) is 10.5. The second-order valence-electron chi connectivity index (χ2n) is 4.38. The number of aliphatic hydroxyl groups is 1. The van der Waals surface area contributed by atoms with E-state index in [-0.39, 0.29) is 12.6 Å². The molecular weight excluding hydrogens is 238 g/mol. The molecule has 0 aliphatic heterocycles. The van der Waals surface area contributed by atoms with Gasteiger partial charge in [-0.1, -0.05) is 31.5 Å². The molecule has 2 N–H and O–H groups in total. The highest BCUT2D eigenvalue weighted by Gasteiger charge is 2.11. The summed E-state index contributed by atoms with van der Waals surface area (Å²) in [5, 5.41) is 13.1. The highest BCUT2D eigenvalue weighted by Crippen LogP contribution is 2.24. The maximum absolute atomic E-state index is 9.20. The summed E-state index contributed by atoms with van der Waals surface area (Å²) < 4.78 is 5.09. The van der Waals surface area contributed by atoms with Crippen molar-refractivity contribution in [2.45, 2.75) is 26.4 Å². The van der Waals surface area contributed by atoms with Gasteiger partial charge < -0.3 is 15.2 Å². The maximum Gasteiger partial charge on any atom is 0.137 e. The normalized spacial score (nSPS) is 12.8. The predicted molar refractivity (Wildman–Crippen MR) is 70.6 cm³/mol. The zero-order chi connectivity index (χ0) is 12.8. The van der Waals surface area contributed by atoms with Crippen molar-refractivity contribution in [1.29, 1.82) is 0 Å². The first-order valence-electron chi connectivity index (χ1n) is 5.75. The SMILES string of the molecule is COc1ccc(CN[C@H](CO)C(C)C)cc1Cl. The van der Waals surface area contributed by atoms with Crippen molar-refractivity contribution in [2.24, 2.45) is 5.92 Å². The van der Waals surface area contributed by atoms with Crippen molar-refractivity contribution < 1.29 is 9.84 Å². The average molecular weight is 258 g/mol. The van der Waals surface area contributed by atoms with Crippen LogP contribution in [-0.2, 0) is 6.54 Å². The third-order valence-corrected chi connectivity index (χ3v) is 3.08. The molecule has 4 heteroatoms. The molecule has 1 aromatic rings. The van der Waals surface area contributed by atoms with Crippen molar-refractivity contribution in [3.63, 3.8) is 0 Å². The largest absolute Gasteiger partial charge is 0.495 e. The van der Waals surface area contributed by atoms with Crippen molar-refractivity contribution in [1.82, 2.24) is 5.32 Å². The van der Waals surface area contributed by atoms with Gasteiger partial charge in [0.1, 0.15) is 5.75 Å². The minimum absolute atomic E-state index is 0.107. The van der Waals surface area contributed by atoms with Crippen molar-refractivity contribution in [3.8, 4) is 5.75 Å². The van der Waals surface area contributed by atoms with E-state index >= 15 is 0 Å². The molecule has 1 atom stereocenters. The Morgan fingerprint density at radius 3 is 2.59 bits per heavy atom. The van der Waals surface area contributed by atoms with Gasteiger partial charge in [-0.15, -0.1) is 0 Å². The summed E-state index contributed by atoms with van der Waals surface area (Å²) in [5.41, 5.74) is 1.08. The topological polar surface area (TPSA) is 41.5 Å². The summed E-state index contributed by atoms with van der Waals surface area (Å²) >= 11 is 6.04.